The minimum Gasteiger partial charge on any atom is -0.205 e. The van der Waals surface area contributed by atoms with Crippen molar-refractivity contribution in [2.45, 2.75) is 103 Å². The van der Waals surface area contributed by atoms with E-state index < -0.39 is 0 Å². The highest BCUT2D eigenvalue weighted by Gasteiger charge is 1.98. The fourth-order valence-electron chi connectivity index (χ4n) is 3.07. The highest BCUT2D eigenvalue weighted by atomic mass is 35.5. The summed E-state index contributed by atoms with van der Waals surface area (Å²) in [5.41, 5.74) is 0. The van der Waals surface area contributed by atoms with E-state index in [1.54, 1.807) is 0 Å². The fraction of sp³-hybridized carbons (Fsp3) is 0.762. The first-order valence-corrected chi connectivity index (χ1v) is 9.87. The van der Waals surface area contributed by atoms with Gasteiger partial charge in [0.25, 0.3) is 0 Å². The molecule has 0 saturated heterocycles. The van der Waals surface area contributed by atoms with Crippen LogP contribution in [0.4, 0.5) is 0 Å². The normalized spacial score (nSPS) is 10.5. The molecule has 0 spiro atoms. The number of pyridine rings is 1. The van der Waals surface area contributed by atoms with Crippen LogP contribution in [-0.2, 0) is 6.54 Å². The van der Waals surface area contributed by atoms with Crippen molar-refractivity contribution in [2.24, 2.45) is 0 Å². The lowest BCUT2D eigenvalue weighted by Gasteiger charge is -2.02. The maximum Gasteiger partial charge on any atom is 0.168 e. The van der Waals surface area contributed by atoms with E-state index in [9.17, 15) is 0 Å². The van der Waals surface area contributed by atoms with Gasteiger partial charge >= 0.3 is 0 Å². The highest BCUT2D eigenvalue weighted by molar-refractivity contribution is 4.83. The number of halogens is 1. The molecule has 0 atom stereocenters. The van der Waals surface area contributed by atoms with Crippen molar-refractivity contribution in [1.82, 2.24) is 0 Å². The molecule has 1 nitrogen and oxygen atoms in total. The lowest BCUT2D eigenvalue weighted by Crippen LogP contribution is -2.32. The van der Waals surface area contributed by atoms with E-state index >= 15 is 0 Å². The molecule has 2 heteroatoms. The van der Waals surface area contributed by atoms with Crippen LogP contribution in [0.5, 0.6) is 0 Å². The van der Waals surface area contributed by atoms with Crippen molar-refractivity contribution in [1.29, 1.82) is 0 Å². The van der Waals surface area contributed by atoms with E-state index in [-0.39, 0.29) is 12.4 Å². The highest BCUT2D eigenvalue weighted by Crippen LogP contribution is 2.12. The molecule has 0 radical (unpaired) electrons. The second-order valence-corrected chi connectivity index (χ2v) is 6.71. The number of aryl methyl sites for hydroxylation is 1. The Hall–Kier alpha value is -0.560. The van der Waals surface area contributed by atoms with Crippen molar-refractivity contribution in [2.75, 3.05) is 0 Å². The van der Waals surface area contributed by atoms with E-state index in [2.05, 4.69) is 42.1 Å². The zero-order valence-corrected chi connectivity index (χ0v) is 16.3. The van der Waals surface area contributed by atoms with Crippen molar-refractivity contribution >= 4 is 0 Å². The monoisotopic (exact) mass is 341 g/mol. The Morgan fingerprint density at radius 2 is 0.913 bits per heavy atom. The standard InChI is InChI=1S/C21H38N.ClH2/c1-2-3-4-5-6-7-8-9-10-11-12-13-14-16-19-22-20-17-15-18-21-22;/h15,17-18,20-21H,2-14,16,19H2,1H3;1H2/q2*+1. The molecule has 1 aromatic heterocycles. The summed E-state index contributed by atoms with van der Waals surface area (Å²) in [4.78, 5) is 0. The third kappa shape index (κ3) is 14.7. The van der Waals surface area contributed by atoms with Gasteiger partial charge in [-0.15, -0.1) is 0 Å². The Labute approximate surface area is 151 Å². The maximum absolute atomic E-state index is 2.29. The third-order valence-corrected chi connectivity index (χ3v) is 4.55. The summed E-state index contributed by atoms with van der Waals surface area (Å²) < 4.78 is 2.29. The third-order valence-electron chi connectivity index (χ3n) is 4.55. The zero-order chi connectivity index (χ0) is 15.7. The first-order valence-electron chi connectivity index (χ1n) is 9.87. The summed E-state index contributed by atoms with van der Waals surface area (Å²) in [5, 5.41) is 0. The maximum atomic E-state index is 2.29. The predicted molar refractivity (Wildman–Crippen MR) is 99.7 cm³/mol. The smallest absolute Gasteiger partial charge is 0.168 e. The largest absolute Gasteiger partial charge is 0.205 e. The molecule has 134 valence electrons. The summed E-state index contributed by atoms with van der Waals surface area (Å²) >= 11 is 0. The molecule has 0 unspecified atom stereocenters. The molecule has 0 amide bonds. The van der Waals surface area contributed by atoms with Gasteiger partial charge in [0.2, 0.25) is 0 Å². The van der Waals surface area contributed by atoms with Gasteiger partial charge in [-0.25, -0.2) is 4.57 Å². The average molecular weight is 342 g/mol. The summed E-state index contributed by atoms with van der Waals surface area (Å²) in [6, 6.07) is 6.31. The van der Waals surface area contributed by atoms with Gasteiger partial charge in [-0.05, 0) is 6.42 Å². The van der Waals surface area contributed by atoms with Gasteiger partial charge in [0.1, 0.15) is 6.54 Å². The molecule has 0 saturated carbocycles. The van der Waals surface area contributed by atoms with Crippen LogP contribution in [0.1, 0.15) is 96.8 Å². The molecule has 0 aliphatic rings. The second-order valence-electron chi connectivity index (χ2n) is 6.71. The molecular formula is C21H40ClN+2. The van der Waals surface area contributed by atoms with Crippen molar-refractivity contribution in [3.63, 3.8) is 0 Å². The van der Waals surface area contributed by atoms with Gasteiger partial charge in [0.05, 0.1) is 12.4 Å². The molecule has 0 aromatic carbocycles. The number of aromatic nitrogens is 1. The Morgan fingerprint density at radius 3 is 1.35 bits per heavy atom. The number of hydrogen-bond acceptors (Lipinski definition) is 0. The van der Waals surface area contributed by atoms with Crippen LogP contribution in [-0.4, -0.2) is 0 Å². The Balaban J connectivity index is 0.00000484. The van der Waals surface area contributed by atoms with Crippen molar-refractivity contribution < 1.29 is 17.0 Å². The first-order chi connectivity index (χ1) is 10.9. The van der Waals surface area contributed by atoms with Gasteiger partial charge < -0.3 is 0 Å². The Bertz CT molecular complexity index is 326. The molecule has 0 N–H and O–H groups in total. The van der Waals surface area contributed by atoms with Crippen LogP contribution >= 0.6 is 0 Å². The summed E-state index contributed by atoms with van der Waals surface area (Å²) in [6.45, 7) is 3.47. The SMILES string of the molecule is CCCCCCCCCCCCCCCC[n+]1ccccc1.[ClH2+]. The summed E-state index contributed by atoms with van der Waals surface area (Å²) in [6.07, 6.45) is 24.4. The molecule has 1 heterocycles. The van der Waals surface area contributed by atoms with Gasteiger partial charge in [-0.2, -0.15) is 0 Å². The number of hydrogen-bond donors (Lipinski definition) is 0. The Morgan fingerprint density at radius 1 is 0.522 bits per heavy atom. The number of nitrogens with zero attached hydrogens (tertiary/aromatic N) is 1. The second kappa shape index (κ2) is 17.8. The molecule has 0 aliphatic carbocycles. The molecule has 0 aliphatic heterocycles. The molecular weight excluding hydrogens is 302 g/mol. The van der Waals surface area contributed by atoms with Crippen LogP contribution in [0.15, 0.2) is 30.6 Å². The molecule has 23 heavy (non-hydrogen) atoms. The van der Waals surface area contributed by atoms with Crippen LogP contribution in [0.3, 0.4) is 0 Å². The average Bonchev–Trinajstić information content (AvgIpc) is 2.56. The van der Waals surface area contributed by atoms with Gasteiger partial charge in [0.15, 0.2) is 12.4 Å². The van der Waals surface area contributed by atoms with E-state index in [4.69, 9.17) is 0 Å². The van der Waals surface area contributed by atoms with E-state index in [0.717, 1.165) is 0 Å². The van der Waals surface area contributed by atoms with Gasteiger partial charge in [0, 0.05) is 18.6 Å². The lowest BCUT2D eigenvalue weighted by molar-refractivity contribution is -0.697. The molecule has 1 rings (SSSR count). The molecule has 0 fully saturated rings. The molecule has 0 bridgehead atoms. The lowest BCUT2D eigenvalue weighted by atomic mass is 10.0. The minimum absolute atomic E-state index is 0. The minimum atomic E-state index is 0. The van der Waals surface area contributed by atoms with Crippen LogP contribution < -0.4 is 4.57 Å². The van der Waals surface area contributed by atoms with E-state index in [1.807, 2.05) is 0 Å². The van der Waals surface area contributed by atoms with Crippen LogP contribution in [0.2, 0.25) is 0 Å². The van der Waals surface area contributed by atoms with E-state index in [1.165, 1.54) is 96.4 Å². The van der Waals surface area contributed by atoms with Gasteiger partial charge in [-0.3, -0.25) is 0 Å². The molecule has 1 aromatic rings. The number of rotatable bonds is 15. The van der Waals surface area contributed by atoms with Gasteiger partial charge in [-0.1, -0.05) is 90.0 Å². The van der Waals surface area contributed by atoms with Crippen LogP contribution in [0.25, 0.3) is 0 Å². The van der Waals surface area contributed by atoms with E-state index in [0.29, 0.717) is 0 Å². The quantitative estimate of drug-likeness (QED) is 0.275. The predicted octanol–water partition coefficient (Wildman–Crippen LogP) is 5.92. The number of unbranched alkanes of at least 4 members (excludes halogenated alkanes) is 13. The first kappa shape index (κ1) is 22.4. The topological polar surface area (TPSA) is 3.88 Å². The zero-order valence-electron chi connectivity index (χ0n) is 15.4. The van der Waals surface area contributed by atoms with Crippen molar-refractivity contribution in [3.05, 3.63) is 30.6 Å². The van der Waals surface area contributed by atoms with Crippen LogP contribution in [0, 0.1) is 12.4 Å². The summed E-state index contributed by atoms with van der Waals surface area (Å²) in [5.74, 6) is 0. The Kier molecular flexibility index (Phi) is 17.4. The summed E-state index contributed by atoms with van der Waals surface area (Å²) in [7, 11) is 0. The fourth-order valence-corrected chi connectivity index (χ4v) is 3.07. The van der Waals surface area contributed by atoms with Crippen molar-refractivity contribution in [3.8, 4) is 0 Å².